The van der Waals surface area contributed by atoms with E-state index in [4.69, 9.17) is 24.5 Å². The lowest BCUT2D eigenvalue weighted by molar-refractivity contribution is -0.154. The van der Waals surface area contributed by atoms with Gasteiger partial charge in [-0.25, -0.2) is 28.7 Å². The first-order valence-electron chi connectivity index (χ1n) is 12.5. The number of thiol groups is 1. The largest absolute Gasteiger partial charge is 0.465 e. The molecule has 0 aliphatic carbocycles. The van der Waals surface area contributed by atoms with Crippen LogP contribution in [0.2, 0.25) is 0 Å². The van der Waals surface area contributed by atoms with E-state index in [0.29, 0.717) is 5.75 Å². The third kappa shape index (κ3) is 6.59. The van der Waals surface area contributed by atoms with Crippen molar-refractivity contribution < 1.29 is 46.8 Å². The third-order valence-corrected chi connectivity index (χ3v) is 10.4. The summed E-state index contributed by atoms with van der Waals surface area (Å²) >= 11 is 0. The highest BCUT2D eigenvalue weighted by Crippen LogP contribution is 2.51. The number of esters is 2. The number of aromatic nitrogens is 3. The van der Waals surface area contributed by atoms with Gasteiger partial charge in [0.05, 0.1) is 42.9 Å². The molecule has 2 saturated heterocycles. The zero-order valence-electron chi connectivity index (χ0n) is 22.3. The second-order valence-corrected chi connectivity index (χ2v) is 12.3. The van der Waals surface area contributed by atoms with Crippen molar-refractivity contribution in [3.05, 3.63) is 46.2 Å². The van der Waals surface area contributed by atoms with Crippen molar-refractivity contribution in [3.63, 3.8) is 0 Å². The molecular formula is C24H29F3N6O7S. The summed E-state index contributed by atoms with van der Waals surface area (Å²) in [7, 11) is 0.0499. The van der Waals surface area contributed by atoms with Crippen molar-refractivity contribution in [2.24, 2.45) is 5.11 Å². The monoisotopic (exact) mass is 602 g/mol. The summed E-state index contributed by atoms with van der Waals surface area (Å²) in [6.07, 6.45) is -1.45. The fourth-order valence-electron chi connectivity index (χ4n) is 5.21. The van der Waals surface area contributed by atoms with Gasteiger partial charge >= 0.3 is 11.9 Å². The molecule has 0 radical (unpaired) electrons. The Bertz CT molecular complexity index is 1310. The van der Waals surface area contributed by atoms with Crippen molar-refractivity contribution in [1.29, 1.82) is 0 Å². The summed E-state index contributed by atoms with van der Waals surface area (Å²) in [6, 6.07) is -0.151. The predicted molar refractivity (Wildman–Crippen MR) is 139 cm³/mol. The number of azide groups is 1. The van der Waals surface area contributed by atoms with Crippen LogP contribution < -0.4 is 0 Å². The number of carbonyl (C=O) groups excluding carboxylic acids is 2. The maximum atomic E-state index is 13.9. The van der Waals surface area contributed by atoms with Crippen LogP contribution in [0.4, 0.5) is 13.2 Å². The summed E-state index contributed by atoms with van der Waals surface area (Å²) in [4.78, 5) is 26.9. The lowest BCUT2D eigenvalue weighted by atomic mass is 10.0. The van der Waals surface area contributed by atoms with E-state index in [0.717, 1.165) is 12.1 Å². The van der Waals surface area contributed by atoms with Gasteiger partial charge in [0.1, 0.15) is 24.4 Å². The lowest BCUT2D eigenvalue weighted by Gasteiger charge is -2.51. The van der Waals surface area contributed by atoms with Gasteiger partial charge in [0.25, 0.3) is 0 Å². The van der Waals surface area contributed by atoms with Crippen molar-refractivity contribution in [2.45, 2.75) is 54.7 Å². The van der Waals surface area contributed by atoms with Gasteiger partial charge in [-0.05, 0) is 17.7 Å². The first-order chi connectivity index (χ1) is 19.5. The molecular weight excluding hydrogens is 573 g/mol. The maximum absolute atomic E-state index is 13.9. The van der Waals surface area contributed by atoms with Crippen LogP contribution >= 0.6 is 10.9 Å². The molecule has 41 heavy (non-hydrogen) atoms. The molecule has 1 N–H and O–H groups in total. The maximum Gasteiger partial charge on any atom is 0.303 e. The van der Waals surface area contributed by atoms with Crippen molar-refractivity contribution >= 4 is 22.8 Å². The number of halogens is 3. The Hall–Kier alpha value is -3.37. The van der Waals surface area contributed by atoms with Crippen molar-refractivity contribution in [3.8, 4) is 11.3 Å². The molecule has 17 heteroatoms. The van der Waals surface area contributed by atoms with E-state index in [1.54, 1.807) is 0 Å². The van der Waals surface area contributed by atoms with E-state index in [1.807, 2.05) is 0 Å². The Morgan fingerprint density at radius 3 is 2.56 bits per heavy atom. The molecule has 2 aliphatic heterocycles. The first kappa shape index (κ1) is 30.6. The van der Waals surface area contributed by atoms with Gasteiger partial charge in [0, 0.05) is 42.4 Å². The van der Waals surface area contributed by atoms with Crippen LogP contribution in [-0.2, 0) is 28.5 Å². The zero-order chi connectivity index (χ0) is 29.8. The van der Waals surface area contributed by atoms with E-state index >= 15 is 0 Å². The summed E-state index contributed by atoms with van der Waals surface area (Å²) in [5.41, 5.74) is 8.86. The second-order valence-electron chi connectivity index (χ2n) is 9.61. The number of aliphatic hydroxyl groups is 1. The van der Waals surface area contributed by atoms with Crippen LogP contribution in [0.15, 0.2) is 23.4 Å². The molecule has 1 aromatic carbocycles. The number of aliphatic hydroxyl groups excluding tert-OH is 1. The fraction of sp³-hybridized carbons (Fsp3) is 0.583. The standard InChI is InChI=1S/C24H29F3N6O7S/c1-11(34)39-9-20-24(40-12(2)35)22(33-6-16(30-32-33)13-4-14(25)21(27)15(26)5-13)18(37-3)10-41(20)19-8-38-7-17(23(19)36)29-31-28/h4-6,17-20,22-24,36,41H,7-10H2,1-3H3/t17-,18-,19+,20+,22+,23+,24-/m0/s1. The molecule has 0 spiro atoms. The van der Waals surface area contributed by atoms with Crippen LogP contribution in [-0.4, -0.2) is 99.6 Å². The second kappa shape index (κ2) is 13.1. The summed E-state index contributed by atoms with van der Waals surface area (Å²) in [6.45, 7) is 2.38. The van der Waals surface area contributed by atoms with Gasteiger partial charge in [-0.3, -0.25) is 9.59 Å². The van der Waals surface area contributed by atoms with E-state index in [-0.39, 0.29) is 31.1 Å². The Kier molecular flexibility index (Phi) is 9.76. The molecule has 4 rings (SSSR count). The molecule has 0 bridgehead atoms. The molecule has 1 aromatic heterocycles. The molecule has 2 aromatic rings. The van der Waals surface area contributed by atoms with Crippen molar-refractivity contribution in [1.82, 2.24) is 15.0 Å². The first-order valence-corrected chi connectivity index (χ1v) is 14.2. The number of hydrogen-bond donors (Lipinski definition) is 2. The van der Waals surface area contributed by atoms with E-state index in [9.17, 15) is 27.9 Å². The quantitative estimate of drug-likeness (QED) is 0.115. The molecule has 13 nitrogen and oxygen atoms in total. The van der Waals surface area contributed by atoms with Crippen molar-refractivity contribution in [2.75, 3.05) is 32.7 Å². The molecule has 2 fully saturated rings. The Morgan fingerprint density at radius 2 is 1.95 bits per heavy atom. The minimum Gasteiger partial charge on any atom is -0.465 e. The summed E-state index contributed by atoms with van der Waals surface area (Å²) < 4.78 is 65.2. The molecule has 3 heterocycles. The predicted octanol–water partition coefficient (Wildman–Crippen LogP) is 2.24. The lowest BCUT2D eigenvalue weighted by Crippen LogP contribution is -2.57. The summed E-state index contributed by atoms with van der Waals surface area (Å²) in [5, 5.41) is 21.6. The SMILES string of the molecule is CO[C@H]1C[SH]([C@@H]2COC[C@H](N=[N+]=[N-])[C@H]2O)[C@H](COC(C)=O)[C@H](OC(C)=O)[C@@H]1n1cc(-c2cc(F)c(F)c(F)c2)nn1. The Morgan fingerprint density at radius 1 is 1.24 bits per heavy atom. The highest BCUT2D eigenvalue weighted by atomic mass is 32.2. The number of rotatable bonds is 8. The normalized spacial score (nSPS) is 30.7. The van der Waals surface area contributed by atoms with Gasteiger partial charge < -0.3 is 24.1 Å². The third-order valence-electron chi connectivity index (χ3n) is 7.06. The Labute approximate surface area is 234 Å². The van der Waals surface area contributed by atoms with Gasteiger partial charge in [-0.1, -0.05) is 10.3 Å². The van der Waals surface area contributed by atoms with E-state index in [2.05, 4.69) is 20.3 Å². The fourth-order valence-corrected chi connectivity index (χ4v) is 8.79. The van der Waals surface area contributed by atoms with E-state index < -0.39 is 81.2 Å². The van der Waals surface area contributed by atoms with Gasteiger partial charge in [-0.15, -0.1) is 5.10 Å². The minimum atomic E-state index is -1.62. The van der Waals surface area contributed by atoms with E-state index in [1.165, 1.54) is 31.8 Å². The molecule has 224 valence electrons. The number of ether oxygens (including phenoxy) is 4. The van der Waals surface area contributed by atoms with Crippen LogP contribution in [0, 0.1) is 17.5 Å². The molecule has 0 amide bonds. The average molecular weight is 603 g/mol. The Balaban J connectivity index is 1.76. The van der Waals surface area contributed by atoms with Gasteiger partial charge in [-0.2, -0.15) is 0 Å². The number of carbonyl (C=O) groups is 2. The molecule has 8 atom stereocenters. The molecule has 1 unspecified atom stereocenters. The molecule has 2 aliphatic rings. The highest BCUT2D eigenvalue weighted by Gasteiger charge is 2.52. The van der Waals surface area contributed by atoms with Crippen LogP contribution in [0.1, 0.15) is 19.9 Å². The highest BCUT2D eigenvalue weighted by molar-refractivity contribution is 8.18. The number of methoxy groups -OCH3 is 1. The molecule has 0 saturated carbocycles. The minimum absolute atomic E-state index is 0.0110. The average Bonchev–Trinajstić information content (AvgIpc) is 3.41. The number of benzene rings is 1. The number of hydrogen-bond acceptors (Lipinski definition) is 10. The topological polar surface area (TPSA) is 171 Å². The number of nitrogens with zero attached hydrogens (tertiary/aromatic N) is 6. The zero-order valence-corrected chi connectivity index (χ0v) is 23.2. The summed E-state index contributed by atoms with van der Waals surface area (Å²) in [5.74, 6) is -5.37. The van der Waals surface area contributed by atoms with Gasteiger partial charge in [0.2, 0.25) is 0 Å². The van der Waals surface area contributed by atoms with Crippen LogP contribution in [0.25, 0.3) is 21.7 Å². The van der Waals surface area contributed by atoms with Crippen LogP contribution in [0.5, 0.6) is 0 Å². The van der Waals surface area contributed by atoms with Gasteiger partial charge in [0.15, 0.2) is 17.5 Å². The smallest absolute Gasteiger partial charge is 0.303 e. The van der Waals surface area contributed by atoms with Crippen LogP contribution in [0.3, 0.4) is 0 Å².